The van der Waals surface area contributed by atoms with Gasteiger partial charge < -0.3 is 0 Å². The molecule has 9 heteroatoms. The Kier molecular flexibility index (Phi) is 2.40. The molecule has 0 aliphatic carbocycles. The standard InChI is InChI=1S/C11H11N5O4/c1-13-9-8(10(19)14(2)11(13)20)15(5-12-9)16-6(17)3-4-7(16)18/h5H,3-4H2,1-2H3. The van der Waals surface area contributed by atoms with Gasteiger partial charge in [0.15, 0.2) is 11.2 Å². The van der Waals surface area contributed by atoms with Gasteiger partial charge >= 0.3 is 5.69 Å². The maximum Gasteiger partial charge on any atom is 0.332 e. The number of rotatable bonds is 1. The predicted octanol–water partition coefficient (Wildman–Crippen LogP) is -1.78. The first-order valence-corrected chi connectivity index (χ1v) is 5.92. The number of carbonyl (C=O) groups is 2. The van der Waals surface area contributed by atoms with Gasteiger partial charge in [0.25, 0.3) is 5.56 Å². The maximum atomic E-state index is 12.2. The molecule has 1 aliphatic heterocycles. The van der Waals surface area contributed by atoms with Crippen LogP contribution >= 0.6 is 0 Å². The Morgan fingerprint density at radius 1 is 1.00 bits per heavy atom. The highest BCUT2D eigenvalue weighted by molar-refractivity contribution is 6.14. The van der Waals surface area contributed by atoms with Crippen LogP contribution in [-0.2, 0) is 23.7 Å². The molecular weight excluding hydrogens is 266 g/mol. The van der Waals surface area contributed by atoms with Crippen LogP contribution in [0.4, 0.5) is 0 Å². The van der Waals surface area contributed by atoms with Crippen molar-refractivity contribution in [3.05, 3.63) is 27.2 Å². The number of amides is 2. The van der Waals surface area contributed by atoms with Gasteiger partial charge in [-0.25, -0.2) is 14.5 Å². The number of carbonyl (C=O) groups excluding carboxylic acids is 2. The highest BCUT2D eigenvalue weighted by Gasteiger charge is 2.32. The second kappa shape index (κ2) is 3.89. The monoisotopic (exact) mass is 277 g/mol. The summed E-state index contributed by atoms with van der Waals surface area (Å²) in [5, 5.41) is 0.890. The van der Waals surface area contributed by atoms with Crippen molar-refractivity contribution in [3.63, 3.8) is 0 Å². The van der Waals surface area contributed by atoms with Crippen LogP contribution in [0.2, 0.25) is 0 Å². The summed E-state index contributed by atoms with van der Waals surface area (Å²) in [6.45, 7) is 0. The summed E-state index contributed by atoms with van der Waals surface area (Å²) >= 11 is 0. The molecule has 3 rings (SSSR count). The van der Waals surface area contributed by atoms with Crippen molar-refractivity contribution in [1.82, 2.24) is 18.8 Å². The van der Waals surface area contributed by atoms with Crippen LogP contribution in [0.1, 0.15) is 12.8 Å². The molecule has 104 valence electrons. The fraction of sp³-hybridized carbons (Fsp3) is 0.364. The normalized spacial score (nSPS) is 15.6. The number of aryl methyl sites for hydroxylation is 1. The molecule has 0 atom stereocenters. The van der Waals surface area contributed by atoms with Gasteiger partial charge in [0, 0.05) is 26.9 Å². The molecule has 0 N–H and O–H groups in total. The third kappa shape index (κ3) is 1.40. The number of imidazole rings is 1. The Bertz CT molecular complexity index is 855. The molecule has 1 aliphatic rings. The second-order valence-corrected chi connectivity index (χ2v) is 4.57. The van der Waals surface area contributed by atoms with Crippen molar-refractivity contribution in [2.45, 2.75) is 12.8 Å². The number of nitrogens with zero attached hydrogens (tertiary/aromatic N) is 5. The molecule has 9 nitrogen and oxygen atoms in total. The molecule has 0 aromatic carbocycles. The lowest BCUT2D eigenvalue weighted by Gasteiger charge is -2.15. The third-order valence-corrected chi connectivity index (χ3v) is 3.37. The molecule has 2 aromatic rings. The van der Waals surface area contributed by atoms with Gasteiger partial charge in [-0.1, -0.05) is 0 Å². The van der Waals surface area contributed by atoms with Crippen LogP contribution in [-0.4, -0.2) is 30.6 Å². The van der Waals surface area contributed by atoms with E-state index in [1.807, 2.05) is 0 Å². The van der Waals surface area contributed by atoms with Crippen LogP contribution in [0.15, 0.2) is 15.9 Å². The minimum atomic E-state index is -0.604. The Balaban J connectivity index is 2.41. The predicted molar refractivity (Wildman–Crippen MR) is 67.7 cm³/mol. The van der Waals surface area contributed by atoms with E-state index in [0.717, 1.165) is 14.3 Å². The topological polar surface area (TPSA) is 99.2 Å². The van der Waals surface area contributed by atoms with Gasteiger partial charge in [0.05, 0.1) is 0 Å². The van der Waals surface area contributed by atoms with E-state index in [1.165, 1.54) is 25.0 Å². The molecule has 3 heterocycles. The van der Waals surface area contributed by atoms with E-state index >= 15 is 0 Å². The average molecular weight is 277 g/mol. The van der Waals surface area contributed by atoms with Crippen LogP contribution in [0, 0.1) is 0 Å². The van der Waals surface area contributed by atoms with Crippen molar-refractivity contribution >= 4 is 23.0 Å². The van der Waals surface area contributed by atoms with Crippen LogP contribution in [0.5, 0.6) is 0 Å². The van der Waals surface area contributed by atoms with E-state index in [4.69, 9.17) is 0 Å². The molecule has 0 radical (unpaired) electrons. The lowest BCUT2D eigenvalue weighted by atomic mass is 10.4. The van der Waals surface area contributed by atoms with Crippen LogP contribution in [0.3, 0.4) is 0 Å². The highest BCUT2D eigenvalue weighted by atomic mass is 16.2. The molecule has 1 saturated heterocycles. The first-order valence-electron chi connectivity index (χ1n) is 5.92. The van der Waals surface area contributed by atoms with E-state index < -0.39 is 23.1 Å². The van der Waals surface area contributed by atoms with Crippen molar-refractivity contribution in [1.29, 1.82) is 0 Å². The van der Waals surface area contributed by atoms with Gasteiger partial charge in [-0.2, -0.15) is 5.01 Å². The molecule has 20 heavy (non-hydrogen) atoms. The van der Waals surface area contributed by atoms with E-state index in [2.05, 4.69) is 4.98 Å². The van der Waals surface area contributed by atoms with Gasteiger partial charge in [-0.15, -0.1) is 0 Å². The Morgan fingerprint density at radius 2 is 1.60 bits per heavy atom. The zero-order valence-corrected chi connectivity index (χ0v) is 10.9. The molecule has 0 unspecified atom stereocenters. The lowest BCUT2D eigenvalue weighted by Crippen LogP contribution is -2.43. The van der Waals surface area contributed by atoms with Crippen LogP contribution < -0.4 is 16.3 Å². The van der Waals surface area contributed by atoms with Gasteiger partial charge in [0.1, 0.15) is 6.33 Å². The largest absolute Gasteiger partial charge is 0.332 e. The van der Waals surface area contributed by atoms with E-state index in [9.17, 15) is 19.2 Å². The molecule has 2 amide bonds. The van der Waals surface area contributed by atoms with Crippen molar-refractivity contribution in [2.24, 2.45) is 14.1 Å². The fourth-order valence-corrected chi connectivity index (χ4v) is 2.29. The molecular formula is C11H11N5O4. The molecule has 0 saturated carbocycles. The molecule has 0 bridgehead atoms. The molecule has 1 fully saturated rings. The summed E-state index contributed by atoms with van der Waals surface area (Å²) in [5.74, 6) is -0.796. The first-order chi connectivity index (χ1) is 9.43. The number of imide groups is 1. The zero-order valence-electron chi connectivity index (χ0n) is 10.9. The first kappa shape index (κ1) is 12.3. The SMILES string of the molecule is Cn1c(=O)c2c(ncn2N2C(=O)CCC2=O)n(C)c1=O. The van der Waals surface area contributed by atoms with Gasteiger partial charge in [-0.3, -0.25) is 23.5 Å². The maximum absolute atomic E-state index is 12.2. The molecule has 2 aromatic heterocycles. The van der Waals surface area contributed by atoms with E-state index in [-0.39, 0.29) is 24.0 Å². The van der Waals surface area contributed by atoms with Crippen molar-refractivity contribution < 1.29 is 9.59 Å². The Hall–Kier alpha value is -2.71. The van der Waals surface area contributed by atoms with E-state index in [0.29, 0.717) is 0 Å². The number of fused-ring (bicyclic) bond motifs is 1. The summed E-state index contributed by atoms with van der Waals surface area (Å²) in [4.78, 5) is 51.5. The summed E-state index contributed by atoms with van der Waals surface area (Å²) < 4.78 is 3.22. The summed E-state index contributed by atoms with van der Waals surface area (Å²) in [6.07, 6.45) is 1.40. The van der Waals surface area contributed by atoms with Crippen molar-refractivity contribution in [2.75, 3.05) is 5.01 Å². The summed E-state index contributed by atoms with van der Waals surface area (Å²) in [5.41, 5.74) is -0.969. The van der Waals surface area contributed by atoms with Gasteiger partial charge in [0.2, 0.25) is 11.8 Å². The minimum Gasteiger partial charge on any atom is -0.279 e. The Morgan fingerprint density at radius 3 is 2.20 bits per heavy atom. The fourth-order valence-electron chi connectivity index (χ4n) is 2.29. The average Bonchev–Trinajstić information content (AvgIpc) is 2.98. The quantitative estimate of drug-likeness (QED) is 0.574. The highest BCUT2D eigenvalue weighted by Crippen LogP contribution is 2.14. The van der Waals surface area contributed by atoms with Gasteiger partial charge in [-0.05, 0) is 0 Å². The third-order valence-electron chi connectivity index (χ3n) is 3.37. The number of hydrogen-bond donors (Lipinski definition) is 0. The Labute approximate surface area is 111 Å². The number of hydrogen-bond acceptors (Lipinski definition) is 5. The summed E-state index contributed by atoms with van der Waals surface area (Å²) in [6, 6.07) is 0. The summed E-state index contributed by atoms with van der Waals surface area (Å²) in [7, 11) is 2.80. The van der Waals surface area contributed by atoms with Crippen molar-refractivity contribution in [3.8, 4) is 0 Å². The second-order valence-electron chi connectivity index (χ2n) is 4.57. The number of aromatic nitrogens is 4. The smallest absolute Gasteiger partial charge is 0.279 e. The molecule has 0 spiro atoms. The minimum absolute atomic E-state index is 0.0261. The van der Waals surface area contributed by atoms with E-state index in [1.54, 1.807) is 0 Å². The van der Waals surface area contributed by atoms with Crippen LogP contribution in [0.25, 0.3) is 11.2 Å². The zero-order chi connectivity index (χ0) is 14.6. The lowest BCUT2D eigenvalue weighted by molar-refractivity contribution is -0.123.